The summed E-state index contributed by atoms with van der Waals surface area (Å²) >= 11 is 0. The van der Waals surface area contributed by atoms with Crippen LogP contribution in [-0.4, -0.2) is 17.2 Å². The monoisotopic (exact) mass is 159 g/mol. The first-order valence-electron chi connectivity index (χ1n) is 3.83. The maximum Gasteiger partial charge on any atom is 0.0446 e. The fourth-order valence-corrected chi connectivity index (χ4v) is 2.01. The molecule has 0 heterocycles. The summed E-state index contributed by atoms with van der Waals surface area (Å²) in [6, 6.07) is 0.464. The zero-order chi connectivity index (χ0) is 8.15. The van der Waals surface area contributed by atoms with Gasteiger partial charge in [0.05, 0.1) is 0 Å². The van der Waals surface area contributed by atoms with E-state index in [4.69, 9.17) is 0 Å². The molecule has 0 aromatic carbocycles. The number of nitrogens with zero attached hydrogens (tertiary/aromatic N) is 1. The van der Waals surface area contributed by atoms with E-state index < -0.39 is 0 Å². The van der Waals surface area contributed by atoms with Crippen LogP contribution in [0.5, 0.6) is 0 Å². The quantitative estimate of drug-likeness (QED) is 0.443. The molecule has 0 amide bonds. The second kappa shape index (κ2) is 4.85. The number of aliphatic imine (C=N–C) groups is 1. The Hall–Kier alpha value is 0.100. The van der Waals surface area contributed by atoms with Crippen LogP contribution in [0.15, 0.2) is 4.99 Å². The van der Waals surface area contributed by atoms with E-state index in [1.807, 2.05) is 0 Å². The van der Waals surface area contributed by atoms with Gasteiger partial charge in [0.2, 0.25) is 0 Å². The van der Waals surface area contributed by atoms with Crippen LogP contribution in [0, 0.1) is 0 Å². The molecule has 1 nitrogen and oxygen atoms in total. The lowest BCUT2D eigenvalue weighted by Gasteiger charge is -2.05. The van der Waals surface area contributed by atoms with Gasteiger partial charge in [-0.1, -0.05) is 22.4 Å². The van der Waals surface area contributed by atoms with Crippen molar-refractivity contribution in [3.05, 3.63) is 0 Å². The van der Waals surface area contributed by atoms with Crippen molar-refractivity contribution in [3.8, 4) is 0 Å². The Morgan fingerprint density at radius 3 is 2.00 bits per heavy atom. The Bertz CT molecular complexity index is 116. The summed E-state index contributed by atoms with van der Waals surface area (Å²) in [6.45, 7) is 10.8. The van der Waals surface area contributed by atoms with Crippen LogP contribution < -0.4 is 0 Å². The highest BCUT2D eigenvalue weighted by Gasteiger charge is 1.96. The Morgan fingerprint density at radius 1 is 1.20 bits per heavy atom. The number of hydrogen-bond acceptors (Lipinski definition) is 1. The van der Waals surface area contributed by atoms with Crippen LogP contribution in [0.2, 0.25) is 0 Å². The Kier molecular flexibility index (Phi) is 4.89. The third kappa shape index (κ3) is 6.22. The van der Waals surface area contributed by atoms with Crippen molar-refractivity contribution in [3.63, 3.8) is 0 Å². The van der Waals surface area contributed by atoms with Gasteiger partial charge in [-0.15, -0.1) is 0 Å². The summed E-state index contributed by atoms with van der Waals surface area (Å²) in [7, 11) is 0.905. The van der Waals surface area contributed by atoms with Gasteiger partial charge in [-0.3, -0.25) is 4.99 Å². The molecule has 2 heteroatoms. The molecule has 0 N–H and O–H groups in total. The third-order valence-corrected chi connectivity index (χ3v) is 2.07. The molecule has 10 heavy (non-hydrogen) atoms. The van der Waals surface area contributed by atoms with Gasteiger partial charge in [-0.05, 0) is 26.4 Å². The van der Waals surface area contributed by atoms with Crippen molar-refractivity contribution in [1.82, 2.24) is 0 Å². The molecular formula is C8H18NP. The predicted octanol–water partition coefficient (Wildman–Crippen LogP) is 2.90. The minimum absolute atomic E-state index is 0.464. The molecule has 0 fully saturated rings. The molecule has 0 aliphatic heterocycles. The van der Waals surface area contributed by atoms with Crippen molar-refractivity contribution in [2.24, 2.45) is 4.99 Å². The molecule has 0 aliphatic carbocycles. The summed E-state index contributed by atoms with van der Waals surface area (Å²) in [5.41, 5.74) is 2.08. The fraction of sp³-hybridized carbons (Fsp3) is 0.875. The molecule has 0 aliphatic rings. The maximum atomic E-state index is 4.45. The van der Waals surface area contributed by atoms with Crippen LogP contribution in [0.1, 0.15) is 34.6 Å². The van der Waals surface area contributed by atoms with Gasteiger partial charge in [0.15, 0.2) is 0 Å². The Balaban J connectivity index is 3.71. The lowest BCUT2D eigenvalue weighted by atomic mass is 10.4. The second-order valence-electron chi connectivity index (χ2n) is 3.11. The molecule has 0 radical (unpaired) electrons. The van der Waals surface area contributed by atoms with Crippen LogP contribution in [0.4, 0.5) is 0 Å². The first-order chi connectivity index (χ1) is 4.52. The molecule has 0 saturated carbocycles. The molecule has 60 valence electrons. The Morgan fingerprint density at radius 2 is 1.70 bits per heavy atom. The van der Waals surface area contributed by atoms with E-state index in [9.17, 15) is 0 Å². The van der Waals surface area contributed by atoms with Crippen molar-refractivity contribution < 1.29 is 0 Å². The summed E-state index contributed by atoms with van der Waals surface area (Å²) in [5.74, 6) is 0. The molecule has 0 rings (SSSR count). The van der Waals surface area contributed by atoms with Crippen molar-refractivity contribution >= 4 is 14.0 Å². The molecule has 0 aromatic rings. The molecule has 0 aromatic heterocycles. The SMILES string of the molecule is C/C(=N\C(C)C)PC(C)C. The van der Waals surface area contributed by atoms with Crippen LogP contribution in [0.25, 0.3) is 0 Å². The average Bonchev–Trinajstić information content (AvgIpc) is 1.58. The predicted molar refractivity (Wildman–Crippen MR) is 51.7 cm³/mol. The largest absolute Gasteiger partial charge is 0.287 e. The van der Waals surface area contributed by atoms with Crippen molar-refractivity contribution in [1.29, 1.82) is 0 Å². The van der Waals surface area contributed by atoms with E-state index >= 15 is 0 Å². The van der Waals surface area contributed by atoms with E-state index in [2.05, 4.69) is 39.6 Å². The van der Waals surface area contributed by atoms with Gasteiger partial charge in [0.25, 0.3) is 0 Å². The van der Waals surface area contributed by atoms with Crippen molar-refractivity contribution in [2.75, 3.05) is 0 Å². The Labute approximate surface area is 66.1 Å². The lowest BCUT2D eigenvalue weighted by Crippen LogP contribution is -1.96. The minimum Gasteiger partial charge on any atom is -0.287 e. The zero-order valence-corrected chi connectivity index (χ0v) is 8.60. The normalized spacial score (nSPS) is 14.5. The summed E-state index contributed by atoms with van der Waals surface area (Å²) in [4.78, 5) is 4.45. The van der Waals surface area contributed by atoms with Gasteiger partial charge in [-0.2, -0.15) is 0 Å². The average molecular weight is 159 g/mol. The van der Waals surface area contributed by atoms with E-state index in [1.54, 1.807) is 0 Å². The van der Waals surface area contributed by atoms with Crippen molar-refractivity contribution in [2.45, 2.75) is 46.3 Å². The van der Waals surface area contributed by atoms with E-state index in [0.717, 1.165) is 14.2 Å². The second-order valence-corrected chi connectivity index (χ2v) is 5.27. The molecule has 1 atom stereocenters. The van der Waals surface area contributed by atoms with Gasteiger partial charge in [0, 0.05) is 11.5 Å². The van der Waals surface area contributed by atoms with Crippen LogP contribution in [-0.2, 0) is 0 Å². The molecule has 0 spiro atoms. The topological polar surface area (TPSA) is 12.4 Å². The zero-order valence-electron chi connectivity index (χ0n) is 7.60. The smallest absolute Gasteiger partial charge is 0.0446 e. The number of hydrogen-bond donors (Lipinski definition) is 0. The van der Waals surface area contributed by atoms with Gasteiger partial charge in [-0.25, -0.2) is 0 Å². The van der Waals surface area contributed by atoms with E-state index in [0.29, 0.717) is 6.04 Å². The van der Waals surface area contributed by atoms with Gasteiger partial charge in [0.1, 0.15) is 0 Å². The summed E-state index contributed by atoms with van der Waals surface area (Å²) in [6.07, 6.45) is 0. The highest BCUT2D eigenvalue weighted by molar-refractivity contribution is 7.58. The maximum absolute atomic E-state index is 4.45. The van der Waals surface area contributed by atoms with Gasteiger partial charge < -0.3 is 0 Å². The first kappa shape index (κ1) is 10.1. The molecule has 1 unspecified atom stereocenters. The van der Waals surface area contributed by atoms with E-state index in [-0.39, 0.29) is 0 Å². The molecule has 0 saturated heterocycles. The third-order valence-electron chi connectivity index (χ3n) is 0.949. The standard InChI is InChI=1S/C8H18NP/c1-6(2)9-8(5)10-7(3)4/h6-7,10H,1-5H3/b9-8+. The first-order valence-corrected chi connectivity index (χ1v) is 4.91. The molecule has 0 bridgehead atoms. The summed E-state index contributed by atoms with van der Waals surface area (Å²) in [5, 5.41) is 0. The van der Waals surface area contributed by atoms with Gasteiger partial charge >= 0.3 is 0 Å². The molecular weight excluding hydrogens is 141 g/mol. The highest BCUT2D eigenvalue weighted by Crippen LogP contribution is 2.20. The number of rotatable bonds is 3. The summed E-state index contributed by atoms with van der Waals surface area (Å²) < 4.78 is 0. The minimum atomic E-state index is 0.464. The van der Waals surface area contributed by atoms with Crippen LogP contribution >= 0.6 is 8.58 Å². The fourth-order valence-electron chi connectivity index (χ4n) is 0.842. The van der Waals surface area contributed by atoms with Crippen LogP contribution in [0.3, 0.4) is 0 Å². The van der Waals surface area contributed by atoms with E-state index in [1.165, 1.54) is 5.45 Å². The highest BCUT2D eigenvalue weighted by atomic mass is 31.1. The lowest BCUT2D eigenvalue weighted by molar-refractivity contribution is 0.838.